The van der Waals surface area contributed by atoms with Crippen LogP contribution in [0.1, 0.15) is 17.5 Å². The van der Waals surface area contributed by atoms with Gasteiger partial charge in [-0.25, -0.2) is 8.42 Å². The largest absolute Gasteiger partial charge is 0.487 e. The Morgan fingerprint density at radius 3 is 2.05 bits per heavy atom. The molecule has 3 aromatic carbocycles. The van der Waals surface area contributed by atoms with Crippen molar-refractivity contribution in [2.24, 2.45) is 0 Å². The van der Waals surface area contributed by atoms with Gasteiger partial charge in [0, 0.05) is 19.2 Å². The third kappa shape index (κ3) is 7.28. The lowest BCUT2D eigenvalue weighted by Crippen LogP contribution is -2.21. The molecule has 0 radical (unpaired) electrons. The highest BCUT2D eigenvalue weighted by molar-refractivity contribution is 7.92. The molecule has 210 valence electrons. The van der Waals surface area contributed by atoms with Gasteiger partial charge in [-0.3, -0.25) is 4.72 Å². The predicted molar refractivity (Wildman–Crippen MR) is 132 cm³/mol. The normalized spacial score (nSPS) is 16.8. The molecule has 6 nitrogen and oxygen atoms in total. The van der Waals surface area contributed by atoms with Crippen molar-refractivity contribution < 1.29 is 44.2 Å². The SMILES string of the molecule is CN1CC[C@@H](Oc2cc(NS(=O)(=O)c3ccc(Oc4cc(C(F)(F)F)cc(C(F)(F)F)c4)cc3)ccc2Cl)C1. The summed E-state index contributed by atoms with van der Waals surface area (Å²) in [6.45, 7) is 1.55. The van der Waals surface area contributed by atoms with E-state index in [9.17, 15) is 34.8 Å². The summed E-state index contributed by atoms with van der Waals surface area (Å²) in [6.07, 6.45) is -9.39. The summed E-state index contributed by atoms with van der Waals surface area (Å²) < 4.78 is 118. The Hall–Kier alpha value is -3.16. The zero-order chi connectivity index (χ0) is 28.6. The Kier molecular flexibility index (Phi) is 7.97. The molecule has 1 aliphatic heterocycles. The first-order valence-electron chi connectivity index (χ1n) is 11.4. The molecule has 4 rings (SSSR count). The highest BCUT2D eigenvalue weighted by atomic mass is 35.5. The van der Waals surface area contributed by atoms with E-state index < -0.39 is 39.3 Å². The number of halogens is 7. The lowest BCUT2D eigenvalue weighted by molar-refractivity contribution is -0.143. The van der Waals surface area contributed by atoms with E-state index in [1.807, 2.05) is 7.05 Å². The molecule has 14 heteroatoms. The molecule has 1 fully saturated rings. The molecule has 0 amide bonds. The first-order valence-corrected chi connectivity index (χ1v) is 13.2. The van der Waals surface area contributed by atoms with Crippen LogP contribution in [0.15, 0.2) is 65.6 Å². The van der Waals surface area contributed by atoms with Crippen molar-refractivity contribution in [2.45, 2.75) is 29.8 Å². The predicted octanol–water partition coefficient (Wildman–Crippen LogP) is 7.05. The molecule has 0 bridgehead atoms. The number of nitrogens with one attached hydrogen (secondary N) is 1. The second-order valence-corrected chi connectivity index (χ2v) is 10.9. The molecular weight excluding hydrogens is 574 g/mol. The number of likely N-dealkylation sites (N-methyl/N-ethyl adjacent to an activating group) is 1. The van der Waals surface area contributed by atoms with Gasteiger partial charge in [-0.15, -0.1) is 0 Å². The van der Waals surface area contributed by atoms with Gasteiger partial charge < -0.3 is 14.4 Å². The number of rotatable bonds is 7. The van der Waals surface area contributed by atoms with Crippen LogP contribution >= 0.6 is 11.6 Å². The standard InChI is InChI=1S/C25H21ClF6N2O4S/c1-34-9-8-19(14-34)38-23-13-17(2-7-22(23)26)33-39(35,36)21-5-3-18(4-6-21)37-20-11-15(24(27,28)29)10-16(12-20)25(30,31)32/h2-7,10-13,19,33H,8-9,14H2,1H3/t19-/m1/s1. The number of anilines is 1. The Balaban J connectivity index is 1.50. The van der Waals surface area contributed by atoms with Crippen molar-refractivity contribution in [1.29, 1.82) is 0 Å². The maximum Gasteiger partial charge on any atom is 0.416 e. The number of alkyl halides is 6. The topological polar surface area (TPSA) is 67.9 Å². The van der Waals surface area contributed by atoms with E-state index in [0.717, 1.165) is 37.2 Å². The van der Waals surface area contributed by atoms with Gasteiger partial charge in [-0.2, -0.15) is 26.3 Å². The molecular formula is C25H21ClF6N2O4S. The van der Waals surface area contributed by atoms with Crippen LogP contribution in [0.5, 0.6) is 17.2 Å². The molecule has 1 atom stereocenters. The number of hydrogen-bond donors (Lipinski definition) is 1. The Bertz CT molecular complexity index is 1410. The summed E-state index contributed by atoms with van der Waals surface area (Å²) in [6, 6.07) is 9.59. The number of hydrogen-bond acceptors (Lipinski definition) is 5. The average Bonchev–Trinajstić information content (AvgIpc) is 3.24. The molecule has 0 unspecified atom stereocenters. The minimum atomic E-state index is -5.04. The highest BCUT2D eigenvalue weighted by Crippen LogP contribution is 2.39. The fourth-order valence-corrected chi connectivity index (χ4v) is 5.06. The molecule has 0 saturated carbocycles. The summed E-state index contributed by atoms with van der Waals surface area (Å²) in [4.78, 5) is 1.85. The van der Waals surface area contributed by atoms with Crippen LogP contribution in [0.4, 0.5) is 32.0 Å². The van der Waals surface area contributed by atoms with E-state index >= 15 is 0 Å². The van der Waals surface area contributed by atoms with E-state index in [1.165, 1.54) is 18.2 Å². The minimum absolute atomic E-state index is 0.0202. The molecule has 1 heterocycles. The molecule has 0 aromatic heterocycles. The van der Waals surface area contributed by atoms with Gasteiger partial charge >= 0.3 is 12.4 Å². The first kappa shape index (κ1) is 28.8. The third-order valence-corrected chi connectivity index (χ3v) is 7.47. The van der Waals surface area contributed by atoms with Crippen molar-refractivity contribution >= 4 is 27.3 Å². The number of benzene rings is 3. The molecule has 0 spiro atoms. The zero-order valence-corrected chi connectivity index (χ0v) is 21.7. The zero-order valence-electron chi connectivity index (χ0n) is 20.1. The second kappa shape index (κ2) is 10.8. The van der Waals surface area contributed by atoms with Crippen LogP contribution in [-0.4, -0.2) is 39.6 Å². The Labute approximate surface area is 225 Å². The van der Waals surface area contributed by atoms with Crippen molar-refractivity contribution in [1.82, 2.24) is 4.90 Å². The van der Waals surface area contributed by atoms with Gasteiger partial charge in [0.1, 0.15) is 23.4 Å². The maximum absolute atomic E-state index is 13.1. The lowest BCUT2D eigenvalue weighted by Gasteiger charge is -2.16. The molecule has 0 aliphatic carbocycles. The first-order chi connectivity index (χ1) is 18.1. The number of likely N-dealkylation sites (tertiary alicyclic amines) is 1. The van der Waals surface area contributed by atoms with Crippen molar-refractivity contribution in [3.05, 3.63) is 76.8 Å². The van der Waals surface area contributed by atoms with Crippen LogP contribution in [0.25, 0.3) is 0 Å². The van der Waals surface area contributed by atoms with E-state index in [0.29, 0.717) is 29.4 Å². The molecule has 1 N–H and O–H groups in total. The van der Waals surface area contributed by atoms with E-state index in [4.69, 9.17) is 21.1 Å². The summed E-state index contributed by atoms with van der Waals surface area (Å²) in [5.41, 5.74) is -2.91. The van der Waals surface area contributed by atoms with Gasteiger partial charge in [-0.05, 0) is 68.1 Å². The summed E-state index contributed by atoms with van der Waals surface area (Å²) in [5.74, 6) is -0.585. The average molecular weight is 595 g/mol. The van der Waals surface area contributed by atoms with Crippen LogP contribution in [0.2, 0.25) is 5.02 Å². The smallest absolute Gasteiger partial charge is 0.416 e. The lowest BCUT2D eigenvalue weighted by atomic mass is 10.1. The van der Waals surface area contributed by atoms with Crippen molar-refractivity contribution in [3.8, 4) is 17.2 Å². The van der Waals surface area contributed by atoms with E-state index in [1.54, 1.807) is 0 Å². The minimum Gasteiger partial charge on any atom is -0.487 e. The summed E-state index contributed by atoms with van der Waals surface area (Å²) in [7, 11) is -2.18. The second-order valence-electron chi connectivity index (χ2n) is 8.86. The van der Waals surface area contributed by atoms with Crippen LogP contribution < -0.4 is 14.2 Å². The molecule has 1 saturated heterocycles. The van der Waals surface area contributed by atoms with Gasteiger partial charge in [0.05, 0.1) is 26.7 Å². The summed E-state index contributed by atoms with van der Waals surface area (Å²) >= 11 is 6.20. The van der Waals surface area contributed by atoms with Crippen LogP contribution in [0, 0.1) is 0 Å². The number of ether oxygens (including phenoxy) is 2. The third-order valence-electron chi connectivity index (χ3n) is 5.76. The van der Waals surface area contributed by atoms with E-state index in [2.05, 4.69) is 9.62 Å². The van der Waals surface area contributed by atoms with Gasteiger partial charge in [0.15, 0.2) is 0 Å². The molecule has 1 aliphatic rings. The fraction of sp³-hybridized carbons (Fsp3) is 0.280. The number of sulfonamides is 1. The summed E-state index contributed by atoms with van der Waals surface area (Å²) in [5, 5.41) is 0.303. The molecule has 3 aromatic rings. The highest BCUT2D eigenvalue weighted by Gasteiger charge is 2.37. The van der Waals surface area contributed by atoms with Gasteiger partial charge in [0.25, 0.3) is 10.0 Å². The van der Waals surface area contributed by atoms with E-state index in [-0.39, 0.29) is 28.5 Å². The van der Waals surface area contributed by atoms with Crippen molar-refractivity contribution in [2.75, 3.05) is 24.9 Å². The fourth-order valence-electron chi connectivity index (χ4n) is 3.85. The van der Waals surface area contributed by atoms with Crippen LogP contribution in [-0.2, 0) is 22.4 Å². The Morgan fingerprint density at radius 2 is 1.51 bits per heavy atom. The quantitative estimate of drug-likeness (QED) is 0.297. The van der Waals surface area contributed by atoms with Gasteiger partial charge in [-0.1, -0.05) is 11.6 Å². The van der Waals surface area contributed by atoms with Crippen molar-refractivity contribution in [3.63, 3.8) is 0 Å². The molecule has 39 heavy (non-hydrogen) atoms. The van der Waals surface area contributed by atoms with Crippen LogP contribution in [0.3, 0.4) is 0 Å². The maximum atomic E-state index is 13.1. The van der Waals surface area contributed by atoms with Gasteiger partial charge in [0.2, 0.25) is 0 Å². The number of nitrogens with zero attached hydrogens (tertiary/aromatic N) is 1. The Morgan fingerprint density at radius 1 is 0.897 bits per heavy atom. The monoisotopic (exact) mass is 594 g/mol.